The van der Waals surface area contributed by atoms with E-state index in [1.807, 2.05) is 30.3 Å². The summed E-state index contributed by atoms with van der Waals surface area (Å²) in [7, 11) is 0. The van der Waals surface area contributed by atoms with E-state index < -0.39 is 23.1 Å². The second-order valence-corrected chi connectivity index (χ2v) is 5.49. The third kappa shape index (κ3) is 3.27. The molecule has 0 saturated carbocycles. The summed E-state index contributed by atoms with van der Waals surface area (Å²) in [6.45, 7) is 3.31. The number of alkyl halides is 2. The van der Waals surface area contributed by atoms with Crippen LogP contribution in [0.15, 0.2) is 47.5 Å². The summed E-state index contributed by atoms with van der Waals surface area (Å²) in [4.78, 5) is 27.8. The molecule has 2 rings (SSSR count). The third-order valence-corrected chi connectivity index (χ3v) is 3.63. The Bertz CT molecular complexity index is 724. The first kappa shape index (κ1) is 16.0. The van der Waals surface area contributed by atoms with Gasteiger partial charge in [-0.25, -0.2) is 13.8 Å². The highest BCUT2D eigenvalue weighted by atomic mass is 19.3. The average Bonchev–Trinajstić information content (AvgIpc) is 2.49. The van der Waals surface area contributed by atoms with Crippen molar-refractivity contribution in [2.45, 2.75) is 32.2 Å². The highest BCUT2D eigenvalue weighted by Crippen LogP contribution is 2.24. The molecule has 22 heavy (non-hydrogen) atoms. The topological polar surface area (TPSA) is 52.0 Å². The molecular weight excluding hydrogens is 290 g/mol. The standard InChI is InChI=1S/C16H16F2N2O2/c1-16(2,11-6-4-3-5-7-11)13(21)9-20-10-19-12(15(17)18)8-14(20)22/h3-8,10,15H,9H2,1-2H3. The quantitative estimate of drug-likeness (QED) is 0.853. The first-order chi connectivity index (χ1) is 10.3. The van der Waals surface area contributed by atoms with E-state index in [2.05, 4.69) is 4.98 Å². The summed E-state index contributed by atoms with van der Waals surface area (Å²) in [6.07, 6.45) is -1.82. The van der Waals surface area contributed by atoms with E-state index in [1.165, 1.54) is 0 Å². The molecule has 6 heteroatoms. The monoisotopic (exact) mass is 306 g/mol. The summed E-state index contributed by atoms with van der Waals surface area (Å²) in [5, 5.41) is 0. The fourth-order valence-corrected chi connectivity index (χ4v) is 2.05. The zero-order chi connectivity index (χ0) is 16.3. The van der Waals surface area contributed by atoms with Crippen molar-refractivity contribution in [1.82, 2.24) is 9.55 Å². The van der Waals surface area contributed by atoms with Crippen LogP contribution in [0.3, 0.4) is 0 Å². The normalized spacial score (nSPS) is 11.7. The maximum absolute atomic E-state index is 12.5. The van der Waals surface area contributed by atoms with Crippen molar-refractivity contribution >= 4 is 5.78 Å². The minimum absolute atomic E-state index is 0.201. The lowest BCUT2D eigenvalue weighted by atomic mass is 9.80. The highest BCUT2D eigenvalue weighted by molar-refractivity contribution is 5.89. The van der Waals surface area contributed by atoms with Gasteiger partial charge in [-0.05, 0) is 19.4 Å². The summed E-state index contributed by atoms with van der Waals surface area (Å²) in [5.41, 5.74) is -1.22. The van der Waals surface area contributed by atoms with Gasteiger partial charge in [0, 0.05) is 6.07 Å². The van der Waals surface area contributed by atoms with Crippen molar-refractivity contribution in [1.29, 1.82) is 0 Å². The van der Waals surface area contributed by atoms with Crippen LogP contribution in [0.1, 0.15) is 31.5 Å². The molecule has 0 unspecified atom stereocenters. The molecule has 1 aromatic heterocycles. The van der Waals surface area contributed by atoms with E-state index in [1.54, 1.807) is 13.8 Å². The smallest absolute Gasteiger partial charge is 0.280 e. The first-order valence-corrected chi connectivity index (χ1v) is 6.75. The number of benzene rings is 1. The van der Waals surface area contributed by atoms with E-state index in [0.717, 1.165) is 22.5 Å². The van der Waals surface area contributed by atoms with E-state index in [0.29, 0.717) is 0 Å². The number of Topliss-reactive ketones (excluding diaryl/α,β-unsaturated/α-hetero) is 1. The Morgan fingerprint density at radius 2 is 1.91 bits per heavy atom. The van der Waals surface area contributed by atoms with Crippen LogP contribution in [-0.4, -0.2) is 15.3 Å². The maximum Gasteiger partial charge on any atom is 0.280 e. The van der Waals surface area contributed by atoms with E-state index >= 15 is 0 Å². The van der Waals surface area contributed by atoms with E-state index in [9.17, 15) is 18.4 Å². The minimum Gasteiger partial charge on any atom is -0.297 e. The molecule has 0 aliphatic rings. The lowest BCUT2D eigenvalue weighted by Gasteiger charge is -2.24. The van der Waals surface area contributed by atoms with Crippen LogP contribution in [0.25, 0.3) is 0 Å². The van der Waals surface area contributed by atoms with Gasteiger partial charge in [-0.2, -0.15) is 0 Å². The molecule has 1 aromatic carbocycles. The number of carbonyl (C=O) groups excluding carboxylic acids is 1. The SMILES string of the molecule is CC(C)(C(=O)Cn1cnc(C(F)F)cc1=O)c1ccccc1. The predicted molar refractivity (Wildman–Crippen MR) is 77.9 cm³/mol. The molecule has 0 spiro atoms. The summed E-state index contributed by atoms with van der Waals surface area (Å²) >= 11 is 0. The molecule has 1 heterocycles. The molecule has 0 aliphatic heterocycles. The van der Waals surface area contributed by atoms with Gasteiger partial charge in [0.1, 0.15) is 5.69 Å². The van der Waals surface area contributed by atoms with Crippen LogP contribution in [0, 0.1) is 0 Å². The van der Waals surface area contributed by atoms with Crippen molar-refractivity contribution in [3.63, 3.8) is 0 Å². The van der Waals surface area contributed by atoms with Crippen LogP contribution < -0.4 is 5.56 Å². The largest absolute Gasteiger partial charge is 0.297 e. The van der Waals surface area contributed by atoms with Gasteiger partial charge in [-0.15, -0.1) is 0 Å². The van der Waals surface area contributed by atoms with Crippen molar-refractivity contribution < 1.29 is 13.6 Å². The Kier molecular flexibility index (Phi) is 4.49. The fraction of sp³-hybridized carbons (Fsp3) is 0.312. The van der Waals surface area contributed by atoms with E-state index in [4.69, 9.17) is 0 Å². The van der Waals surface area contributed by atoms with Gasteiger partial charge in [0.15, 0.2) is 5.78 Å². The van der Waals surface area contributed by atoms with Crippen LogP contribution in [0.4, 0.5) is 8.78 Å². The van der Waals surface area contributed by atoms with Gasteiger partial charge in [-0.1, -0.05) is 30.3 Å². The molecular formula is C16H16F2N2O2. The number of ketones is 1. The number of nitrogens with zero attached hydrogens (tertiary/aromatic N) is 2. The number of carbonyl (C=O) groups is 1. The Hall–Kier alpha value is -2.37. The van der Waals surface area contributed by atoms with Crippen molar-refractivity contribution in [3.8, 4) is 0 Å². The molecule has 0 N–H and O–H groups in total. The first-order valence-electron chi connectivity index (χ1n) is 6.75. The van der Waals surface area contributed by atoms with Crippen LogP contribution in [0.5, 0.6) is 0 Å². The molecule has 0 aliphatic carbocycles. The molecule has 0 saturated heterocycles. The number of hydrogen-bond acceptors (Lipinski definition) is 3. The van der Waals surface area contributed by atoms with Crippen LogP contribution in [0.2, 0.25) is 0 Å². The number of aromatic nitrogens is 2. The zero-order valence-corrected chi connectivity index (χ0v) is 12.3. The van der Waals surface area contributed by atoms with E-state index in [-0.39, 0.29) is 12.3 Å². The Labute approximate surface area is 126 Å². The number of hydrogen-bond donors (Lipinski definition) is 0. The Morgan fingerprint density at radius 1 is 1.27 bits per heavy atom. The van der Waals surface area contributed by atoms with Gasteiger partial charge < -0.3 is 0 Å². The fourth-order valence-electron chi connectivity index (χ4n) is 2.05. The second kappa shape index (κ2) is 6.17. The molecule has 0 atom stereocenters. The second-order valence-electron chi connectivity index (χ2n) is 5.49. The molecule has 0 radical (unpaired) electrons. The molecule has 4 nitrogen and oxygen atoms in total. The summed E-state index contributed by atoms with van der Waals surface area (Å²) in [6, 6.07) is 9.93. The van der Waals surface area contributed by atoms with Crippen LogP contribution >= 0.6 is 0 Å². The zero-order valence-electron chi connectivity index (χ0n) is 12.3. The van der Waals surface area contributed by atoms with Crippen LogP contribution in [-0.2, 0) is 16.8 Å². The molecule has 0 fully saturated rings. The molecule has 0 amide bonds. The van der Waals surface area contributed by atoms with Gasteiger partial charge >= 0.3 is 0 Å². The molecule has 116 valence electrons. The third-order valence-electron chi connectivity index (χ3n) is 3.63. The van der Waals surface area contributed by atoms with Gasteiger partial charge in [0.2, 0.25) is 0 Å². The Balaban J connectivity index is 2.24. The lowest BCUT2D eigenvalue weighted by Crippen LogP contribution is -2.35. The maximum atomic E-state index is 12.5. The summed E-state index contributed by atoms with van der Waals surface area (Å²) in [5.74, 6) is -0.201. The average molecular weight is 306 g/mol. The van der Waals surface area contributed by atoms with Gasteiger partial charge in [-0.3, -0.25) is 14.2 Å². The number of rotatable bonds is 5. The number of halogens is 2. The van der Waals surface area contributed by atoms with Crippen molar-refractivity contribution in [3.05, 3.63) is 64.3 Å². The van der Waals surface area contributed by atoms with Gasteiger partial charge in [0.25, 0.3) is 12.0 Å². The van der Waals surface area contributed by atoms with Crippen molar-refractivity contribution in [2.75, 3.05) is 0 Å². The van der Waals surface area contributed by atoms with Crippen molar-refractivity contribution in [2.24, 2.45) is 0 Å². The molecule has 2 aromatic rings. The van der Waals surface area contributed by atoms with Gasteiger partial charge in [0.05, 0.1) is 18.3 Å². The Morgan fingerprint density at radius 3 is 2.45 bits per heavy atom. The highest BCUT2D eigenvalue weighted by Gasteiger charge is 2.29. The molecule has 0 bridgehead atoms. The minimum atomic E-state index is -2.81. The predicted octanol–water partition coefficient (Wildman–Crippen LogP) is 2.73. The lowest BCUT2D eigenvalue weighted by molar-refractivity contribution is -0.124. The summed E-state index contributed by atoms with van der Waals surface area (Å²) < 4.78 is 26.0.